The zero-order chi connectivity index (χ0) is 12.7. The normalized spacial score (nSPS) is 14.8. The number of nitrogens with zero attached hydrogens (tertiary/aromatic N) is 2. The highest BCUT2D eigenvalue weighted by Crippen LogP contribution is 2.06. The van der Waals surface area contributed by atoms with Gasteiger partial charge in [-0.2, -0.15) is 0 Å². The van der Waals surface area contributed by atoms with Crippen molar-refractivity contribution in [3.63, 3.8) is 0 Å². The van der Waals surface area contributed by atoms with E-state index in [-0.39, 0.29) is 11.9 Å². The third-order valence-electron chi connectivity index (χ3n) is 2.72. The summed E-state index contributed by atoms with van der Waals surface area (Å²) in [5.41, 5.74) is 0. The SMILES string of the molecule is CN(C)C(=O)NCCNCC(=O)N1CCCC1. The lowest BCUT2D eigenvalue weighted by atomic mass is 10.4. The summed E-state index contributed by atoms with van der Waals surface area (Å²) in [6, 6.07) is -0.113. The molecular formula is C11H22N4O2. The van der Waals surface area contributed by atoms with Crippen LogP contribution in [-0.2, 0) is 4.79 Å². The summed E-state index contributed by atoms with van der Waals surface area (Å²) in [4.78, 5) is 26.1. The number of rotatable bonds is 5. The molecule has 0 aromatic carbocycles. The number of nitrogens with one attached hydrogen (secondary N) is 2. The molecule has 1 saturated heterocycles. The van der Waals surface area contributed by atoms with Gasteiger partial charge < -0.3 is 20.4 Å². The first-order valence-electron chi connectivity index (χ1n) is 6.05. The molecule has 1 aliphatic rings. The van der Waals surface area contributed by atoms with E-state index in [4.69, 9.17) is 0 Å². The van der Waals surface area contributed by atoms with Crippen LogP contribution in [0.2, 0.25) is 0 Å². The highest BCUT2D eigenvalue weighted by Gasteiger charge is 2.16. The number of urea groups is 1. The average molecular weight is 242 g/mol. The van der Waals surface area contributed by atoms with Crippen LogP contribution < -0.4 is 10.6 Å². The van der Waals surface area contributed by atoms with Crippen LogP contribution in [0.1, 0.15) is 12.8 Å². The van der Waals surface area contributed by atoms with Gasteiger partial charge in [0.2, 0.25) is 5.91 Å². The van der Waals surface area contributed by atoms with Gasteiger partial charge in [-0.05, 0) is 12.8 Å². The largest absolute Gasteiger partial charge is 0.342 e. The third kappa shape index (κ3) is 5.04. The molecule has 0 saturated carbocycles. The number of hydrogen-bond acceptors (Lipinski definition) is 3. The van der Waals surface area contributed by atoms with Crippen LogP contribution in [0, 0.1) is 0 Å². The van der Waals surface area contributed by atoms with Crippen molar-refractivity contribution < 1.29 is 9.59 Å². The lowest BCUT2D eigenvalue weighted by molar-refractivity contribution is -0.129. The third-order valence-corrected chi connectivity index (χ3v) is 2.72. The quantitative estimate of drug-likeness (QED) is 0.637. The zero-order valence-electron chi connectivity index (χ0n) is 10.7. The van der Waals surface area contributed by atoms with Gasteiger partial charge >= 0.3 is 6.03 Å². The maximum Gasteiger partial charge on any atom is 0.316 e. The molecule has 1 rings (SSSR count). The predicted octanol–water partition coefficient (Wildman–Crippen LogP) is -0.530. The lowest BCUT2D eigenvalue weighted by Gasteiger charge is -2.16. The topological polar surface area (TPSA) is 64.7 Å². The van der Waals surface area contributed by atoms with Crippen molar-refractivity contribution in [1.82, 2.24) is 20.4 Å². The van der Waals surface area contributed by atoms with Crippen molar-refractivity contribution in [3.05, 3.63) is 0 Å². The second-order valence-corrected chi connectivity index (χ2v) is 4.39. The Balaban J connectivity index is 2.00. The summed E-state index contributed by atoms with van der Waals surface area (Å²) in [6.07, 6.45) is 2.23. The second kappa shape index (κ2) is 7.11. The Morgan fingerprint density at radius 2 is 1.82 bits per heavy atom. The van der Waals surface area contributed by atoms with Crippen molar-refractivity contribution in [2.45, 2.75) is 12.8 Å². The van der Waals surface area contributed by atoms with Gasteiger partial charge in [-0.25, -0.2) is 4.79 Å². The van der Waals surface area contributed by atoms with Crippen LogP contribution in [0.15, 0.2) is 0 Å². The summed E-state index contributed by atoms with van der Waals surface area (Å²) in [7, 11) is 3.39. The van der Waals surface area contributed by atoms with Gasteiger partial charge in [0, 0.05) is 40.3 Å². The fraction of sp³-hybridized carbons (Fsp3) is 0.818. The number of hydrogen-bond donors (Lipinski definition) is 2. The molecule has 0 radical (unpaired) electrons. The Morgan fingerprint density at radius 3 is 2.41 bits per heavy atom. The first kappa shape index (κ1) is 13.8. The Morgan fingerprint density at radius 1 is 1.18 bits per heavy atom. The van der Waals surface area contributed by atoms with Gasteiger partial charge in [-0.3, -0.25) is 4.79 Å². The summed E-state index contributed by atoms with van der Waals surface area (Å²) in [5, 5.41) is 5.76. The minimum absolute atomic E-state index is 0.113. The summed E-state index contributed by atoms with van der Waals surface area (Å²) >= 11 is 0. The molecular weight excluding hydrogens is 220 g/mol. The van der Waals surface area contributed by atoms with Crippen molar-refractivity contribution >= 4 is 11.9 Å². The van der Waals surface area contributed by atoms with E-state index >= 15 is 0 Å². The van der Waals surface area contributed by atoms with Gasteiger partial charge in [0.25, 0.3) is 0 Å². The number of amides is 3. The van der Waals surface area contributed by atoms with Crippen LogP contribution in [0.5, 0.6) is 0 Å². The van der Waals surface area contributed by atoms with Gasteiger partial charge in [-0.1, -0.05) is 0 Å². The summed E-state index contributed by atoms with van der Waals surface area (Å²) in [5.74, 6) is 0.154. The smallest absolute Gasteiger partial charge is 0.316 e. The van der Waals surface area contributed by atoms with Crippen LogP contribution in [0.3, 0.4) is 0 Å². The number of carbonyl (C=O) groups excluding carboxylic acids is 2. The molecule has 1 heterocycles. The molecule has 0 aromatic heterocycles. The number of likely N-dealkylation sites (tertiary alicyclic amines) is 1. The Labute approximate surface area is 102 Å². The van der Waals surface area contributed by atoms with Crippen LogP contribution >= 0.6 is 0 Å². The van der Waals surface area contributed by atoms with Crippen LogP contribution in [-0.4, -0.2) is 68.6 Å². The van der Waals surface area contributed by atoms with E-state index in [1.165, 1.54) is 4.90 Å². The Hall–Kier alpha value is -1.30. The molecule has 6 heteroatoms. The van der Waals surface area contributed by atoms with Crippen LogP contribution in [0.25, 0.3) is 0 Å². The fourth-order valence-electron chi connectivity index (χ4n) is 1.69. The molecule has 1 aliphatic heterocycles. The molecule has 1 fully saturated rings. The maximum atomic E-state index is 11.6. The van der Waals surface area contributed by atoms with E-state index in [1.807, 2.05) is 4.90 Å². The molecule has 6 nitrogen and oxygen atoms in total. The van der Waals surface area contributed by atoms with Gasteiger partial charge in [-0.15, -0.1) is 0 Å². The van der Waals surface area contributed by atoms with Gasteiger partial charge in [0.15, 0.2) is 0 Å². The first-order chi connectivity index (χ1) is 8.11. The zero-order valence-corrected chi connectivity index (χ0v) is 10.7. The maximum absolute atomic E-state index is 11.6. The first-order valence-corrected chi connectivity index (χ1v) is 6.05. The number of carbonyl (C=O) groups is 2. The molecule has 3 amide bonds. The predicted molar refractivity (Wildman–Crippen MR) is 65.8 cm³/mol. The lowest BCUT2D eigenvalue weighted by Crippen LogP contribution is -2.41. The van der Waals surface area contributed by atoms with Crippen molar-refractivity contribution in [3.8, 4) is 0 Å². The fourth-order valence-corrected chi connectivity index (χ4v) is 1.69. The van der Waals surface area contributed by atoms with E-state index < -0.39 is 0 Å². The summed E-state index contributed by atoms with van der Waals surface area (Å²) in [6.45, 7) is 3.27. The van der Waals surface area contributed by atoms with Crippen LogP contribution in [0.4, 0.5) is 4.79 Å². The standard InChI is InChI=1S/C11H22N4O2/c1-14(2)11(17)13-6-5-12-9-10(16)15-7-3-4-8-15/h12H,3-9H2,1-2H3,(H,13,17). The average Bonchev–Trinajstić information content (AvgIpc) is 2.81. The molecule has 0 aromatic rings. The van der Waals surface area contributed by atoms with Gasteiger partial charge in [0.05, 0.1) is 6.54 Å². The Kier molecular flexibility index (Phi) is 5.76. The molecule has 98 valence electrons. The van der Waals surface area contributed by atoms with Gasteiger partial charge in [0.1, 0.15) is 0 Å². The highest BCUT2D eigenvalue weighted by atomic mass is 16.2. The second-order valence-electron chi connectivity index (χ2n) is 4.39. The summed E-state index contributed by atoms with van der Waals surface area (Å²) < 4.78 is 0. The molecule has 0 aliphatic carbocycles. The Bertz CT molecular complexity index is 262. The van der Waals surface area contributed by atoms with E-state index in [2.05, 4.69) is 10.6 Å². The van der Waals surface area contributed by atoms with Crippen molar-refractivity contribution in [2.24, 2.45) is 0 Å². The van der Waals surface area contributed by atoms with E-state index in [1.54, 1.807) is 14.1 Å². The van der Waals surface area contributed by atoms with E-state index in [0.29, 0.717) is 19.6 Å². The van der Waals surface area contributed by atoms with E-state index in [0.717, 1.165) is 25.9 Å². The van der Waals surface area contributed by atoms with Crippen molar-refractivity contribution in [1.29, 1.82) is 0 Å². The monoisotopic (exact) mass is 242 g/mol. The van der Waals surface area contributed by atoms with Crippen molar-refractivity contribution in [2.75, 3.05) is 46.8 Å². The minimum atomic E-state index is -0.113. The molecule has 0 atom stereocenters. The molecule has 17 heavy (non-hydrogen) atoms. The molecule has 2 N–H and O–H groups in total. The molecule has 0 unspecified atom stereocenters. The molecule has 0 bridgehead atoms. The van der Waals surface area contributed by atoms with E-state index in [9.17, 15) is 9.59 Å². The minimum Gasteiger partial charge on any atom is -0.342 e. The molecule has 0 spiro atoms. The highest BCUT2D eigenvalue weighted by molar-refractivity contribution is 5.78.